The lowest BCUT2D eigenvalue weighted by Gasteiger charge is -2.13. The number of carbonyl (C=O) groups is 2. The number of carbonyl (C=O) groups excluding carboxylic acids is 2. The summed E-state index contributed by atoms with van der Waals surface area (Å²) in [7, 11) is 2.97. The standard InChI is InChI=1S/C20H15BrN2O4S/c1-23-19(24)18(28-20(23)25)8-14-7-16(26-2)17(9-15(14)21)27-11-13-6-4-3-5-12(13)10-22/h3-9H,11H2,1-2H3. The Labute approximate surface area is 174 Å². The molecule has 0 unspecified atom stereocenters. The highest BCUT2D eigenvalue weighted by atomic mass is 79.9. The summed E-state index contributed by atoms with van der Waals surface area (Å²) in [6.07, 6.45) is 1.63. The van der Waals surface area contributed by atoms with Gasteiger partial charge in [-0.25, -0.2) is 0 Å². The molecular formula is C20H15BrN2O4S. The fraction of sp³-hybridized carbons (Fsp3) is 0.150. The predicted octanol–water partition coefficient (Wildman–Crippen LogP) is 4.57. The molecule has 0 aliphatic carbocycles. The summed E-state index contributed by atoms with van der Waals surface area (Å²) in [5, 5.41) is 8.88. The molecule has 0 atom stereocenters. The number of hydrogen-bond donors (Lipinski definition) is 0. The van der Waals surface area contributed by atoms with Gasteiger partial charge in [0.15, 0.2) is 11.5 Å². The number of methoxy groups -OCH3 is 1. The minimum absolute atomic E-state index is 0.209. The van der Waals surface area contributed by atoms with Crippen molar-refractivity contribution in [1.29, 1.82) is 5.26 Å². The molecule has 2 aromatic rings. The Balaban J connectivity index is 1.87. The van der Waals surface area contributed by atoms with Gasteiger partial charge in [0.2, 0.25) is 0 Å². The summed E-state index contributed by atoms with van der Waals surface area (Å²) in [6.45, 7) is 0.209. The summed E-state index contributed by atoms with van der Waals surface area (Å²) in [6, 6.07) is 12.8. The molecular weight excluding hydrogens is 444 g/mol. The lowest BCUT2D eigenvalue weighted by Crippen LogP contribution is -2.22. The number of nitriles is 1. The van der Waals surface area contributed by atoms with Crippen molar-refractivity contribution in [1.82, 2.24) is 4.90 Å². The van der Waals surface area contributed by atoms with Crippen molar-refractivity contribution in [2.45, 2.75) is 6.61 Å². The summed E-state index contributed by atoms with van der Waals surface area (Å²) in [5.41, 5.74) is 2.00. The smallest absolute Gasteiger partial charge is 0.293 e. The average molecular weight is 459 g/mol. The lowest BCUT2D eigenvalue weighted by atomic mass is 10.1. The van der Waals surface area contributed by atoms with Gasteiger partial charge in [-0.3, -0.25) is 14.5 Å². The molecule has 6 nitrogen and oxygen atoms in total. The summed E-state index contributed by atoms with van der Waals surface area (Å²) in [4.78, 5) is 25.2. The van der Waals surface area contributed by atoms with Gasteiger partial charge in [-0.2, -0.15) is 5.26 Å². The van der Waals surface area contributed by atoms with Gasteiger partial charge in [0.25, 0.3) is 11.1 Å². The first-order chi connectivity index (χ1) is 13.4. The minimum atomic E-state index is -0.339. The molecule has 0 spiro atoms. The Hall–Kier alpha value is -2.76. The molecule has 1 saturated heterocycles. The molecule has 0 N–H and O–H groups in total. The van der Waals surface area contributed by atoms with E-state index in [-0.39, 0.29) is 17.8 Å². The molecule has 0 bridgehead atoms. The molecule has 8 heteroatoms. The SMILES string of the molecule is COc1cc(C=C2SC(=O)N(C)C2=O)c(Br)cc1OCc1ccccc1C#N. The number of likely N-dealkylation sites (N-methyl/N-ethyl adjacent to an activating group) is 1. The van der Waals surface area contributed by atoms with E-state index in [9.17, 15) is 14.9 Å². The summed E-state index contributed by atoms with van der Waals surface area (Å²) < 4.78 is 11.9. The predicted molar refractivity (Wildman–Crippen MR) is 110 cm³/mol. The fourth-order valence-electron chi connectivity index (χ4n) is 2.53. The zero-order valence-corrected chi connectivity index (χ0v) is 17.5. The topological polar surface area (TPSA) is 79.6 Å². The van der Waals surface area contributed by atoms with Crippen molar-refractivity contribution < 1.29 is 19.1 Å². The maximum absolute atomic E-state index is 12.1. The zero-order chi connectivity index (χ0) is 20.3. The molecule has 1 aliphatic rings. The first-order valence-corrected chi connectivity index (χ1v) is 9.75. The first-order valence-electron chi connectivity index (χ1n) is 8.14. The molecule has 1 fully saturated rings. The Morgan fingerprint density at radius 1 is 1.25 bits per heavy atom. The molecule has 1 aliphatic heterocycles. The highest BCUT2D eigenvalue weighted by Crippen LogP contribution is 2.38. The maximum atomic E-state index is 12.1. The van der Waals surface area contributed by atoms with Gasteiger partial charge in [-0.15, -0.1) is 0 Å². The molecule has 0 saturated carbocycles. The normalized spacial score (nSPS) is 15.1. The minimum Gasteiger partial charge on any atom is -0.493 e. The van der Waals surface area contributed by atoms with Crippen LogP contribution in [0.1, 0.15) is 16.7 Å². The number of benzene rings is 2. The fourth-order valence-corrected chi connectivity index (χ4v) is 3.79. The van der Waals surface area contributed by atoms with E-state index in [2.05, 4.69) is 22.0 Å². The third kappa shape index (κ3) is 4.06. The van der Waals surface area contributed by atoms with Crippen molar-refractivity contribution >= 4 is 44.9 Å². The number of hydrogen-bond acceptors (Lipinski definition) is 6. The van der Waals surface area contributed by atoms with E-state index >= 15 is 0 Å². The maximum Gasteiger partial charge on any atom is 0.293 e. The van der Waals surface area contributed by atoms with Crippen LogP contribution in [0.15, 0.2) is 45.8 Å². The number of amides is 2. The Morgan fingerprint density at radius 3 is 2.64 bits per heavy atom. The number of imide groups is 1. The van der Waals surface area contributed by atoms with Crippen LogP contribution in [0.2, 0.25) is 0 Å². The Kier molecular flexibility index (Phi) is 6.07. The number of ether oxygens (including phenoxy) is 2. The van der Waals surface area contributed by atoms with E-state index in [0.717, 1.165) is 22.2 Å². The van der Waals surface area contributed by atoms with E-state index in [0.29, 0.717) is 32.0 Å². The first kappa shape index (κ1) is 20.0. The third-order valence-corrected chi connectivity index (χ3v) is 5.72. The van der Waals surface area contributed by atoms with E-state index in [1.54, 1.807) is 30.3 Å². The number of thioether (sulfide) groups is 1. The number of nitrogens with zero attached hydrogens (tertiary/aromatic N) is 2. The van der Waals surface area contributed by atoms with Crippen molar-refractivity contribution in [3.8, 4) is 17.6 Å². The number of halogens is 1. The molecule has 3 rings (SSSR count). The van der Waals surface area contributed by atoms with Crippen LogP contribution in [0.4, 0.5) is 4.79 Å². The van der Waals surface area contributed by atoms with Crippen LogP contribution in [-0.2, 0) is 11.4 Å². The van der Waals surface area contributed by atoms with Crippen LogP contribution in [0.25, 0.3) is 6.08 Å². The van der Waals surface area contributed by atoms with Crippen molar-refractivity contribution in [2.75, 3.05) is 14.2 Å². The second-order valence-corrected chi connectivity index (χ2v) is 7.67. The van der Waals surface area contributed by atoms with Crippen molar-refractivity contribution in [3.63, 3.8) is 0 Å². The molecule has 1 heterocycles. The molecule has 2 aromatic carbocycles. The Morgan fingerprint density at radius 2 is 2.00 bits per heavy atom. The van der Waals surface area contributed by atoms with Crippen LogP contribution in [0.3, 0.4) is 0 Å². The lowest BCUT2D eigenvalue weighted by molar-refractivity contribution is -0.121. The monoisotopic (exact) mass is 458 g/mol. The van der Waals surface area contributed by atoms with Crippen LogP contribution < -0.4 is 9.47 Å². The average Bonchev–Trinajstić information content (AvgIpc) is 2.94. The zero-order valence-electron chi connectivity index (χ0n) is 15.1. The Bertz CT molecular complexity index is 1030. The van der Waals surface area contributed by atoms with Crippen LogP contribution in [0, 0.1) is 11.3 Å². The van der Waals surface area contributed by atoms with Gasteiger partial charge in [-0.1, -0.05) is 34.1 Å². The van der Waals surface area contributed by atoms with E-state index in [1.165, 1.54) is 14.2 Å². The largest absolute Gasteiger partial charge is 0.493 e. The summed E-state index contributed by atoms with van der Waals surface area (Å²) >= 11 is 4.36. The van der Waals surface area contributed by atoms with E-state index < -0.39 is 0 Å². The second-order valence-electron chi connectivity index (χ2n) is 5.82. The molecule has 142 valence electrons. The molecule has 28 heavy (non-hydrogen) atoms. The van der Waals surface area contributed by atoms with Gasteiger partial charge >= 0.3 is 0 Å². The van der Waals surface area contributed by atoms with E-state index in [4.69, 9.17) is 9.47 Å². The van der Waals surface area contributed by atoms with Crippen LogP contribution in [0.5, 0.6) is 11.5 Å². The quantitative estimate of drug-likeness (QED) is 0.610. The van der Waals surface area contributed by atoms with Crippen molar-refractivity contribution in [3.05, 3.63) is 62.5 Å². The van der Waals surface area contributed by atoms with Gasteiger partial charge < -0.3 is 9.47 Å². The second kappa shape index (κ2) is 8.50. The van der Waals surface area contributed by atoms with Crippen LogP contribution >= 0.6 is 27.7 Å². The number of rotatable bonds is 5. The van der Waals surface area contributed by atoms with Gasteiger partial charge in [-0.05, 0) is 41.6 Å². The van der Waals surface area contributed by atoms with Crippen molar-refractivity contribution in [2.24, 2.45) is 0 Å². The van der Waals surface area contributed by atoms with E-state index in [1.807, 2.05) is 12.1 Å². The molecule has 0 radical (unpaired) electrons. The van der Waals surface area contributed by atoms with Crippen LogP contribution in [-0.4, -0.2) is 30.2 Å². The highest BCUT2D eigenvalue weighted by Gasteiger charge is 2.32. The third-order valence-electron chi connectivity index (χ3n) is 4.08. The highest BCUT2D eigenvalue weighted by molar-refractivity contribution is 9.10. The summed E-state index contributed by atoms with van der Waals surface area (Å²) in [5.74, 6) is 0.622. The van der Waals surface area contributed by atoms with Gasteiger partial charge in [0, 0.05) is 17.1 Å². The van der Waals surface area contributed by atoms with Gasteiger partial charge in [0.05, 0.1) is 23.6 Å². The molecule has 0 aromatic heterocycles. The molecule has 2 amide bonds. The van der Waals surface area contributed by atoms with Gasteiger partial charge in [0.1, 0.15) is 6.61 Å².